The first-order chi connectivity index (χ1) is 8.92. The summed E-state index contributed by atoms with van der Waals surface area (Å²) in [6.07, 6.45) is -0.767. The zero-order chi connectivity index (χ0) is 14.3. The molecule has 1 unspecified atom stereocenters. The van der Waals surface area contributed by atoms with E-state index in [0.717, 1.165) is 37.3 Å². The molecule has 0 aromatic heterocycles. The third-order valence-corrected chi connectivity index (χ3v) is 3.37. The van der Waals surface area contributed by atoms with Crippen molar-refractivity contribution in [3.8, 4) is 0 Å². The van der Waals surface area contributed by atoms with Gasteiger partial charge in [0.2, 0.25) is 5.91 Å². The molecule has 3 nitrogen and oxygen atoms in total. The fourth-order valence-electron chi connectivity index (χ4n) is 2.33. The predicted octanol–water partition coefficient (Wildman–Crippen LogP) is 2.57. The monoisotopic (exact) mass is 280 g/mol. The Bertz CT molecular complexity index is 276. The van der Waals surface area contributed by atoms with E-state index in [1.54, 1.807) is 0 Å². The summed E-state index contributed by atoms with van der Waals surface area (Å²) in [6.45, 7) is 2.66. The van der Waals surface area contributed by atoms with Crippen molar-refractivity contribution in [2.75, 3.05) is 26.2 Å². The van der Waals surface area contributed by atoms with Crippen LogP contribution in [0.25, 0.3) is 0 Å². The molecule has 1 rings (SSSR count). The number of carbonyl (C=O) groups excluding carboxylic acids is 1. The summed E-state index contributed by atoms with van der Waals surface area (Å²) in [6, 6.07) is 0. The lowest BCUT2D eigenvalue weighted by Gasteiger charge is -2.28. The minimum absolute atomic E-state index is 0.179. The van der Waals surface area contributed by atoms with Gasteiger partial charge < -0.3 is 10.2 Å². The van der Waals surface area contributed by atoms with Gasteiger partial charge in [-0.25, -0.2) is 0 Å². The summed E-state index contributed by atoms with van der Waals surface area (Å²) in [4.78, 5) is 13.0. The van der Waals surface area contributed by atoms with E-state index in [1.165, 1.54) is 0 Å². The molecule has 0 aliphatic carbocycles. The fourth-order valence-corrected chi connectivity index (χ4v) is 2.33. The number of hydrogen-bond donors (Lipinski definition) is 1. The predicted molar refractivity (Wildman–Crippen MR) is 67.8 cm³/mol. The van der Waals surface area contributed by atoms with Crippen molar-refractivity contribution in [1.82, 2.24) is 10.2 Å². The number of rotatable bonds is 6. The molecule has 0 saturated carbocycles. The summed E-state index contributed by atoms with van der Waals surface area (Å²) in [5.41, 5.74) is 0. The summed E-state index contributed by atoms with van der Waals surface area (Å²) in [5.74, 6) is -0.182. The minimum Gasteiger partial charge on any atom is -0.334 e. The van der Waals surface area contributed by atoms with Crippen molar-refractivity contribution in [1.29, 1.82) is 0 Å². The quantitative estimate of drug-likeness (QED) is 0.811. The van der Waals surface area contributed by atoms with E-state index in [2.05, 4.69) is 5.32 Å². The van der Waals surface area contributed by atoms with Crippen molar-refractivity contribution < 1.29 is 18.0 Å². The molecule has 0 spiro atoms. The molecule has 0 aromatic carbocycles. The molecule has 0 bridgehead atoms. The SMILES string of the molecule is CCCCN(CC(F)(F)F)C(=O)CC1CCCNC1. The molecule has 1 fully saturated rings. The molecule has 19 heavy (non-hydrogen) atoms. The Labute approximate surface area is 112 Å². The highest BCUT2D eigenvalue weighted by atomic mass is 19.4. The first-order valence-electron chi connectivity index (χ1n) is 6.97. The van der Waals surface area contributed by atoms with E-state index in [0.29, 0.717) is 6.42 Å². The Morgan fingerprint density at radius 1 is 1.42 bits per heavy atom. The van der Waals surface area contributed by atoms with Gasteiger partial charge in [-0.05, 0) is 38.3 Å². The van der Waals surface area contributed by atoms with Gasteiger partial charge >= 0.3 is 6.18 Å². The lowest BCUT2D eigenvalue weighted by atomic mass is 9.95. The van der Waals surface area contributed by atoms with Crippen LogP contribution in [0.4, 0.5) is 13.2 Å². The second-order valence-corrected chi connectivity index (χ2v) is 5.20. The Hall–Kier alpha value is -0.780. The van der Waals surface area contributed by atoms with Crippen LogP contribution in [0.5, 0.6) is 0 Å². The van der Waals surface area contributed by atoms with E-state index in [1.807, 2.05) is 6.92 Å². The average molecular weight is 280 g/mol. The Kier molecular flexibility index (Phi) is 6.62. The zero-order valence-electron chi connectivity index (χ0n) is 11.4. The molecular formula is C13H23F3N2O. The van der Waals surface area contributed by atoms with Crippen molar-refractivity contribution >= 4 is 5.91 Å². The molecule has 1 aliphatic heterocycles. The molecule has 1 atom stereocenters. The molecule has 1 amide bonds. The third kappa shape index (κ3) is 6.80. The van der Waals surface area contributed by atoms with Gasteiger partial charge in [0.15, 0.2) is 0 Å². The van der Waals surface area contributed by atoms with Crippen LogP contribution in [-0.2, 0) is 4.79 Å². The average Bonchev–Trinajstić information content (AvgIpc) is 2.34. The molecule has 0 aromatic rings. The molecule has 112 valence electrons. The molecule has 1 heterocycles. The van der Waals surface area contributed by atoms with Crippen molar-refractivity contribution in [2.45, 2.75) is 45.2 Å². The summed E-state index contributed by atoms with van der Waals surface area (Å²) in [5, 5.41) is 3.18. The lowest BCUT2D eigenvalue weighted by Crippen LogP contribution is -2.41. The van der Waals surface area contributed by atoms with Gasteiger partial charge in [0, 0.05) is 13.0 Å². The number of nitrogens with zero attached hydrogens (tertiary/aromatic N) is 1. The van der Waals surface area contributed by atoms with Crippen LogP contribution in [0.15, 0.2) is 0 Å². The molecule has 1 aliphatic rings. The fraction of sp³-hybridized carbons (Fsp3) is 0.923. The van der Waals surface area contributed by atoms with Gasteiger partial charge in [0.25, 0.3) is 0 Å². The maximum atomic E-state index is 12.5. The first-order valence-corrected chi connectivity index (χ1v) is 6.97. The van der Waals surface area contributed by atoms with Crippen LogP contribution < -0.4 is 5.32 Å². The highest BCUT2D eigenvalue weighted by molar-refractivity contribution is 5.76. The van der Waals surface area contributed by atoms with E-state index < -0.39 is 12.7 Å². The normalized spacial score (nSPS) is 20.3. The second kappa shape index (κ2) is 7.72. The summed E-state index contributed by atoms with van der Waals surface area (Å²) in [7, 11) is 0. The van der Waals surface area contributed by atoms with E-state index in [9.17, 15) is 18.0 Å². The number of amides is 1. The Morgan fingerprint density at radius 2 is 2.16 bits per heavy atom. The van der Waals surface area contributed by atoms with Crippen molar-refractivity contribution in [3.63, 3.8) is 0 Å². The standard InChI is InChI=1S/C13H23F3N2O/c1-2-3-7-18(10-13(14,15)16)12(19)8-11-5-4-6-17-9-11/h11,17H,2-10H2,1H3. The van der Waals surface area contributed by atoms with E-state index in [4.69, 9.17) is 0 Å². The number of alkyl halides is 3. The van der Waals surface area contributed by atoms with Gasteiger partial charge in [0.1, 0.15) is 6.54 Å². The van der Waals surface area contributed by atoms with Crippen LogP contribution >= 0.6 is 0 Å². The highest BCUT2D eigenvalue weighted by Gasteiger charge is 2.33. The van der Waals surface area contributed by atoms with Crippen LogP contribution in [0.2, 0.25) is 0 Å². The molecule has 6 heteroatoms. The van der Waals surface area contributed by atoms with Crippen molar-refractivity contribution in [3.05, 3.63) is 0 Å². The number of nitrogens with one attached hydrogen (secondary N) is 1. The highest BCUT2D eigenvalue weighted by Crippen LogP contribution is 2.20. The van der Waals surface area contributed by atoms with Gasteiger partial charge in [0.05, 0.1) is 0 Å². The maximum Gasteiger partial charge on any atom is 0.406 e. The molecular weight excluding hydrogens is 257 g/mol. The van der Waals surface area contributed by atoms with Crippen LogP contribution in [-0.4, -0.2) is 43.2 Å². The Balaban J connectivity index is 2.49. The van der Waals surface area contributed by atoms with Gasteiger partial charge in [-0.15, -0.1) is 0 Å². The maximum absolute atomic E-state index is 12.5. The van der Waals surface area contributed by atoms with Gasteiger partial charge in [-0.1, -0.05) is 13.3 Å². The number of unbranched alkanes of at least 4 members (excludes halogenated alkanes) is 1. The summed E-state index contributed by atoms with van der Waals surface area (Å²) >= 11 is 0. The van der Waals surface area contributed by atoms with Crippen LogP contribution in [0, 0.1) is 5.92 Å². The number of hydrogen-bond acceptors (Lipinski definition) is 2. The second-order valence-electron chi connectivity index (χ2n) is 5.20. The Morgan fingerprint density at radius 3 is 2.68 bits per heavy atom. The van der Waals surface area contributed by atoms with E-state index in [-0.39, 0.29) is 24.8 Å². The third-order valence-electron chi connectivity index (χ3n) is 3.37. The topological polar surface area (TPSA) is 32.3 Å². The first kappa shape index (κ1) is 16.3. The van der Waals surface area contributed by atoms with E-state index >= 15 is 0 Å². The van der Waals surface area contributed by atoms with Crippen LogP contribution in [0.3, 0.4) is 0 Å². The molecule has 0 radical (unpaired) electrons. The van der Waals surface area contributed by atoms with Gasteiger partial charge in [-0.2, -0.15) is 13.2 Å². The van der Waals surface area contributed by atoms with Crippen LogP contribution in [0.1, 0.15) is 39.0 Å². The molecule has 1 N–H and O–H groups in total. The largest absolute Gasteiger partial charge is 0.406 e. The summed E-state index contributed by atoms with van der Waals surface area (Å²) < 4.78 is 37.4. The van der Waals surface area contributed by atoms with Gasteiger partial charge in [-0.3, -0.25) is 4.79 Å². The lowest BCUT2D eigenvalue weighted by molar-refractivity contribution is -0.162. The van der Waals surface area contributed by atoms with Crippen molar-refractivity contribution in [2.24, 2.45) is 5.92 Å². The number of halogens is 3. The number of carbonyl (C=O) groups is 1. The minimum atomic E-state index is -4.31. The molecule has 1 saturated heterocycles. The zero-order valence-corrected chi connectivity index (χ0v) is 11.4. The smallest absolute Gasteiger partial charge is 0.334 e. The number of piperidine rings is 1.